The standard InChI is InChI=1S/C34H26Cl2N2O5/c1-18-28(36)16-15-24-27(34(42)43-19(2)31(39)21-7-11-22(35)12-8-21)17-29(37-30(18)24)20-9-13-23(14-10-20)38-32(40)25-5-3-4-6-26(25)33(38)41/h3-4,7-17,19,25-26H,5-6H2,1-2H3. The summed E-state index contributed by atoms with van der Waals surface area (Å²) in [6, 6.07) is 18.3. The number of imide groups is 1. The molecular weight excluding hydrogens is 587 g/mol. The minimum atomic E-state index is -1.05. The van der Waals surface area contributed by atoms with Crippen molar-refractivity contribution in [1.29, 1.82) is 0 Å². The van der Waals surface area contributed by atoms with Crippen LogP contribution in [0.3, 0.4) is 0 Å². The lowest BCUT2D eigenvalue weighted by atomic mass is 9.85. The molecule has 0 N–H and O–H groups in total. The maximum atomic E-state index is 13.5. The first-order chi connectivity index (χ1) is 20.6. The van der Waals surface area contributed by atoms with Crippen molar-refractivity contribution in [3.05, 3.63) is 106 Å². The van der Waals surface area contributed by atoms with Gasteiger partial charge in [-0.2, -0.15) is 0 Å². The SMILES string of the molecule is Cc1c(Cl)ccc2c(C(=O)OC(C)C(=O)c3ccc(Cl)cc3)cc(-c3ccc(N4C(=O)C5CC=CCC5C4=O)cc3)nc12. The van der Waals surface area contributed by atoms with Crippen LogP contribution in [0.2, 0.25) is 10.0 Å². The molecule has 0 bridgehead atoms. The van der Waals surface area contributed by atoms with Crippen molar-refractivity contribution >= 4 is 63.4 Å². The fourth-order valence-electron chi connectivity index (χ4n) is 5.68. The normalized spacial score (nSPS) is 18.6. The van der Waals surface area contributed by atoms with Crippen LogP contribution in [0.15, 0.2) is 78.9 Å². The topological polar surface area (TPSA) is 93.6 Å². The Morgan fingerprint density at radius 3 is 2.16 bits per heavy atom. The van der Waals surface area contributed by atoms with Gasteiger partial charge in [-0.25, -0.2) is 9.78 Å². The van der Waals surface area contributed by atoms with Crippen LogP contribution < -0.4 is 4.90 Å². The van der Waals surface area contributed by atoms with Crippen molar-refractivity contribution in [1.82, 2.24) is 4.98 Å². The summed E-state index contributed by atoms with van der Waals surface area (Å²) in [5.74, 6) is -2.07. The highest BCUT2D eigenvalue weighted by Crippen LogP contribution is 2.38. The summed E-state index contributed by atoms with van der Waals surface area (Å²) in [5, 5.41) is 1.51. The van der Waals surface area contributed by atoms with Gasteiger partial charge in [-0.15, -0.1) is 0 Å². The fraction of sp³-hybridized carbons (Fsp3) is 0.206. The number of benzene rings is 3. The Kier molecular flexibility index (Phi) is 7.63. The second kappa shape index (κ2) is 11.4. The van der Waals surface area contributed by atoms with Gasteiger partial charge in [-0.1, -0.05) is 53.6 Å². The number of pyridine rings is 1. The van der Waals surface area contributed by atoms with Crippen molar-refractivity contribution in [3.63, 3.8) is 0 Å². The lowest BCUT2D eigenvalue weighted by Crippen LogP contribution is -2.30. The number of ether oxygens (including phenoxy) is 1. The highest BCUT2D eigenvalue weighted by Gasteiger charge is 2.47. The number of fused-ring (bicyclic) bond motifs is 2. The van der Waals surface area contributed by atoms with E-state index in [0.29, 0.717) is 61.9 Å². The van der Waals surface area contributed by atoms with Crippen LogP contribution in [0.5, 0.6) is 0 Å². The number of hydrogen-bond acceptors (Lipinski definition) is 6. The molecule has 1 saturated heterocycles. The number of aryl methyl sites for hydroxylation is 1. The third-order valence-electron chi connectivity index (χ3n) is 8.10. The fourth-order valence-corrected chi connectivity index (χ4v) is 5.96. The Bertz CT molecular complexity index is 1810. The van der Waals surface area contributed by atoms with Gasteiger partial charge in [0.05, 0.1) is 34.3 Å². The molecule has 2 heterocycles. The van der Waals surface area contributed by atoms with Crippen LogP contribution in [0, 0.1) is 18.8 Å². The van der Waals surface area contributed by atoms with E-state index in [4.69, 9.17) is 32.9 Å². The van der Waals surface area contributed by atoms with E-state index >= 15 is 0 Å². The molecular formula is C34H26Cl2N2O5. The lowest BCUT2D eigenvalue weighted by molar-refractivity contribution is -0.122. The van der Waals surface area contributed by atoms with E-state index in [-0.39, 0.29) is 35.0 Å². The molecule has 1 aromatic heterocycles. The first-order valence-corrected chi connectivity index (χ1v) is 14.6. The van der Waals surface area contributed by atoms with Crippen molar-refractivity contribution in [3.8, 4) is 11.3 Å². The number of nitrogens with zero attached hydrogens (tertiary/aromatic N) is 2. The van der Waals surface area contributed by atoms with E-state index in [0.717, 1.165) is 0 Å². The van der Waals surface area contributed by atoms with Gasteiger partial charge in [0, 0.05) is 26.6 Å². The zero-order chi connectivity index (χ0) is 30.4. The zero-order valence-electron chi connectivity index (χ0n) is 23.3. The summed E-state index contributed by atoms with van der Waals surface area (Å²) in [6.07, 6.45) is 3.98. The molecule has 7 nitrogen and oxygen atoms in total. The molecule has 2 aliphatic rings. The first kappa shape index (κ1) is 28.8. The summed E-state index contributed by atoms with van der Waals surface area (Å²) < 4.78 is 5.64. The van der Waals surface area contributed by atoms with Gasteiger partial charge in [0.15, 0.2) is 6.10 Å². The smallest absolute Gasteiger partial charge is 0.339 e. The molecule has 0 radical (unpaired) electrons. The number of rotatable bonds is 6. The Labute approximate surface area is 258 Å². The second-order valence-corrected chi connectivity index (χ2v) is 11.6. The first-order valence-electron chi connectivity index (χ1n) is 13.9. The number of amides is 2. The van der Waals surface area contributed by atoms with Gasteiger partial charge < -0.3 is 4.74 Å². The Morgan fingerprint density at radius 1 is 0.907 bits per heavy atom. The predicted octanol–water partition coefficient (Wildman–Crippen LogP) is 7.40. The van der Waals surface area contributed by atoms with E-state index in [2.05, 4.69) is 0 Å². The maximum absolute atomic E-state index is 13.5. The Balaban J connectivity index is 1.33. The van der Waals surface area contributed by atoms with Crippen LogP contribution in [-0.4, -0.2) is 34.7 Å². The molecule has 2 amide bonds. The summed E-state index contributed by atoms with van der Waals surface area (Å²) in [5.41, 5.74) is 3.40. The molecule has 3 aromatic carbocycles. The number of hydrogen-bond donors (Lipinski definition) is 0. The van der Waals surface area contributed by atoms with Crippen LogP contribution >= 0.6 is 23.2 Å². The van der Waals surface area contributed by atoms with Crippen LogP contribution in [-0.2, 0) is 14.3 Å². The molecule has 3 unspecified atom stereocenters. The van der Waals surface area contributed by atoms with E-state index in [1.807, 2.05) is 19.1 Å². The number of allylic oxidation sites excluding steroid dienone is 2. The highest BCUT2D eigenvalue weighted by molar-refractivity contribution is 6.32. The number of carbonyl (C=O) groups is 4. The summed E-state index contributed by atoms with van der Waals surface area (Å²) >= 11 is 12.4. The predicted molar refractivity (Wildman–Crippen MR) is 165 cm³/mol. The zero-order valence-corrected chi connectivity index (χ0v) is 24.9. The quantitative estimate of drug-likeness (QED) is 0.0974. The van der Waals surface area contributed by atoms with Crippen molar-refractivity contribution in [2.45, 2.75) is 32.8 Å². The molecule has 1 aliphatic carbocycles. The summed E-state index contributed by atoms with van der Waals surface area (Å²) in [6.45, 7) is 3.33. The minimum absolute atomic E-state index is 0.187. The van der Waals surface area contributed by atoms with Crippen molar-refractivity contribution < 1.29 is 23.9 Å². The highest BCUT2D eigenvalue weighted by atomic mass is 35.5. The Hall–Kier alpha value is -4.33. The van der Waals surface area contributed by atoms with Crippen LogP contribution in [0.1, 0.15) is 46.0 Å². The number of anilines is 1. The van der Waals surface area contributed by atoms with Crippen molar-refractivity contribution in [2.75, 3.05) is 4.90 Å². The third-order valence-corrected chi connectivity index (χ3v) is 8.76. The largest absolute Gasteiger partial charge is 0.451 e. The van der Waals surface area contributed by atoms with Crippen molar-refractivity contribution in [2.24, 2.45) is 11.8 Å². The van der Waals surface area contributed by atoms with E-state index in [9.17, 15) is 19.2 Å². The molecule has 1 aliphatic heterocycles. The second-order valence-electron chi connectivity index (χ2n) is 10.8. The minimum Gasteiger partial charge on any atom is -0.451 e. The monoisotopic (exact) mass is 612 g/mol. The van der Waals surface area contributed by atoms with Crippen LogP contribution in [0.4, 0.5) is 5.69 Å². The van der Waals surface area contributed by atoms with Gasteiger partial charge in [0.1, 0.15) is 0 Å². The van der Waals surface area contributed by atoms with Crippen LogP contribution in [0.25, 0.3) is 22.2 Å². The summed E-state index contributed by atoms with van der Waals surface area (Å²) in [4.78, 5) is 58.6. The van der Waals surface area contributed by atoms with E-state index in [1.165, 1.54) is 11.8 Å². The molecule has 216 valence electrons. The number of carbonyl (C=O) groups excluding carboxylic acids is 4. The maximum Gasteiger partial charge on any atom is 0.339 e. The average molecular weight is 613 g/mol. The molecule has 1 fully saturated rings. The molecule has 4 aromatic rings. The van der Waals surface area contributed by atoms with Gasteiger partial charge in [0.2, 0.25) is 17.6 Å². The van der Waals surface area contributed by atoms with Gasteiger partial charge >= 0.3 is 5.97 Å². The molecule has 6 rings (SSSR count). The number of ketones is 1. The molecule has 9 heteroatoms. The number of aromatic nitrogens is 1. The summed E-state index contributed by atoms with van der Waals surface area (Å²) in [7, 11) is 0. The number of halogens is 2. The van der Waals surface area contributed by atoms with Gasteiger partial charge in [-0.3, -0.25) is 19.3 Å². The Morgan fingerprint density at radius 2 is 1.53 bits per heavy atom. The van der Waals surface area contributed by atoms with E-state index < -0.39 is 12.1 Å². The molecule has 43 heavy (non-hydrogen) atoms. The van der Waals surface area contributed by atoms with Gasteiger partial charge in [0.25, 0.3) is 0 Å². The molecule has 0 spiro atoms. The number of esters is 1. The average Bonchev–Trinajstić information content (AvgIpc) is 3.27. The lowest BCUT2D eigenvalue weighted by Gasteiger charge is -2.17. The molecule has 0 saturated carbocycles. The van der Waals surface area contributed by atoms with Gasteiger partial charge in [-0.05, 0) is 80.8 Å². The number of Topliss-reactive ketones (excluding diaryl/α,β-unsaturated/α-hetero) is 1. The van der Waals surface area contributed by atoms with E-state index in [1.54, 1.807) is 66.7 Å². The third kappa shape index (κ3) is 5.24. The molecule has 3 atom stereocenters.